The zero-order chi connectivity index (χ0) is 39.4. The van der Waals surface area contributed by atoms with Crippen LogP contribution in [0, 0.1) is 25.2 Å². The number of morpholine rings is 1. The van der Waals surface area contributed by atoms with Gasteiger partial charge in [-0.1, -0.05) is 0 Å². The van der Waals surface area contributed by atoms with Crippen molar-refractivity contribution in [3.63, 3.8) is 0 Å². The Morgan fingerprint density at radius 1 is 1.06 bits per heavy atom. The summed E-state index contributed by atoms with van der Waals surface area (Å²) in [5, 5.41) is 59.3. The molecule has 15 nitrogen and oxygen atoms in total. The molecule has 3 aliphatic heterocycles. The van der Waals surface area contributed by atoms with E-state index >= 15 is 0 Å². The Morgan fingerprint density at radius 3 is 2.33 bits per heavy atom. The minimum absolute atomic E-state index is 0.0362. The van der Waals surface area contributed by atoms with E-state index in [1.54, 1.807) is 18.7 Å². The number of carbonyl (C=O) groups excluding carboxylic acids is 3. The fourth-order valence-corrected chi connectivity index (χ4v) is 9.50. The van der Waals surface area contributed by atoms with Gasteiger partial charge >= 0.3 is 5.97 Å². The molecule has 3 amide bonds. The molecule has 7 atom stereocenters. The first-order valence-electron chi connectivity index (χ1n) is 18.6. The topological polar surface area (TPSA) is 218 Å². The van der Waals surface area contributed by atoms with Gasteiger partial charge in [-0.3, -0.25) is 19.3 Å². The average molecular weight is 767 g/mol. The predicted molar refractivity (Wildman–Crippen MR) is 186 cm³/mol. The van der Waals surface area contributed by atoms with E-state index in [0.29, 0.717) is 56.6 Å². The molecule has 1 aromatic carbocycles. The summed E-state index contributed by atoms with van der Waals surface area (Å²) in [7, 11) is 0. The Morgan fingerprint density at radius 2 is 1.72 bits per heavy atom. The molecule has 1 aromatic rings. The van der Waals surface area contributed by atoms with Crippen molar-refractivity contribution >= 4 is 23.7 Å². The van der Waals surface area contributed by atoms with Crippen molar-refractivity contribution in [1.29, 1.82) is 0 Å². The van der Waals surface area contributed by atoms with Crippen LogP contribution in [0.25, 0.3) is 0 Å². The van der Waals surface area contributed by atoms with Gasteiger partial charge in [-0.15, -0.1) is 0 Å². The van der Waals surface area contributed by atoms with Crippen LogP contribution in [0.2, 0.25) is 0 Å². The van der Waals surface area contributed by atoms with Crippen molar-refractivity contribution in [2.45, 2.75) is 113 Å². The first-order chi connectivity index (χ1) is 25.3. The smallest absolute Gasteiger partial charge is 0.336 e. The first-order valence-corrected chi connectivity index (χ1v) is 18.6. The van der Waals surface area contributed by atoms with Crippen LogP contribution in [0.3, 0.4) is 0 Å². The number of amides is 3. The fraction of sp³-hybridized carbons (Fsp3) is 0.730. The van der Waals surface area contributed by atoms with E-state index in [-0.39, 0.29) is 55.6 Å². The number of alkyl halides is 2. The molecular weight excluding hydrogens is 714 g/mol. The van der Waals surface area contributed by atoms with E-state index in [4.69, 9.17) is 9.47 Å². The van der Waals surface area contributed by atoms with E-state index < -0.39 is 83.7 Å². The Hall–Kier alpha value is -3.48. The molecule has 2 spiro atoms. The lowest BCUT2D eigenvalue weighted by molar-refractivity contribution is -0.231. The minimum Gasteiger partial charge on any atom is -0.507 e. The Balaban J connectivity index is 1.12. The lowest BCUT2D eigenvalue weighted by Gasteiger charge is -2.57. The van der Waals surface area contributed by atoms with Crippen LogP contribution < -0.4 is 10.6 Å². The van der Waals surface area contributed by atoms with Crippen molar-refractivity contribution in [3.05, 3.63) is 28.8 Å². The second kappa shape index (κ2) is 14.9. The summed E-state index contributed by atoms with van der Waals surface area (Å²) in [6.45, 7) is 5.88. The molecule has 5 aliphatic rings. The lowest BCUT2D eigenvalue weighted by Crippen LogP contribution is -2.68. The molecule has 3 saturated heterocycles. The summed E-state index contributed by atoms with van der Waals surface area (Å²) < 4.78 is 39.1. The Kier molecular flexibility index (Phi) is 11.1. The van der Waals surface area contributed by atoms with Gasteiger partial charge in [0.1, 0.15) is 18.0 Å². The van der Waals surface area contributed by atoms with Crippen molar-refractivity contribution < 1.29 is 63.0 Å². The third-order valence-electron chi connectivity index (χ3n) is 12.3. The van der Waals surface area contributed by atoms with Crippen molar-refractivity contribution in [3.8, 4) is 5.75 Å². The molecule has 6 rings (SSSR count). The van der Waals surface area contributed by atoms with Crippen LogP contribution in [0.15, 0.2) is 12.1 Å². The number of likely N-dealkylation sites (tertiary alicyclic amines) is 1. The molecule has 3 heterocycles. The van der Waals surface area contributed by atoms with Crippen molar-refractivity contribution in [1.82, 2.24) is 20.4 Å². The number of aliphatic carboxylic acids is 1. The van der Waals surface area contributed by atoms with Crippen LogP contribution in [-0.4, -0.2) is 152 Å². The maximum atomic E-state index is 13.5. The van der Waals surface area contributed by atoms with Gasteiger partial charge < -0.3 is 50.5 Å². The number of aliphatic hydroxyl groups excluding tert-OH is 3. The van der Waals surface area contributed by atoms with Crippen LogP contribution in [0.5, 0.6) is 5.75 Å². The molecule has 0 radical (unpaired) electrons. The van der Waals surface area contributed by atoms with Gasteiger partial charge in [-0.25, -0.2) is 13.6 Å². The molecule has 300 valence electrons. The van der Waals surface area contributed by atoms with Crippen LogP contribution in [0.1, 0.15) is 73.4 Å². The number of phenols is 1. The first kappa shape index (κ1) is 40.2. The molecule has 17 heteroatoms. The van der Waals surface area contributed by atoms with Crippen molar-refractivity contribution in [2.75, 3.05) is 45.9 Å². The highest BCUT2D eigenvalue weighted by Crippen LogP contribution is 2.64. The van der Waals surface area contributed by atoms with Crippen LogP contribution in [-0.2, 0) is 23.9 Å². The number of ether oxygens (including phenoxy) is 2. The number of carbonyl (C=O) groups is 4. The quantitative estimate of drug-likeness (QED) is 0.164. The average Bonchev–Trinajstić information content (AvgIpc) is 3.50. The standard InChI is InChI=1S/C37H52F2N4O11/c1-20-10-23(11-21(2)28(20)47)31(49)40-15-26(46)29(48)30-27(41-22(3)44)25(45)14-36(54-30,33(51)52)5-7-43-8-9-53-19-35(43)4-6-42(18-35)32(50)24-12-34(13-24)16-37(38,39)17-34/h10-11,24-27,29-30,45-48H,4-9,12-19H2,1-3H3,(H,40,49)(H,41,44)(H,51,52)/t25-,26+,27+,29+,30+,35-,36+/m0/s1. The van der Waals surface area contributed by atoms with E-state index in [1.165, 1.54) is 19.1 Å². The molecule has 0 bridgehead atoms. The molecule has 5 fully saturated rings. The number of aromatic hydroxyl groups is 1. The van der Waals surface area contributed by atoms with Crippen molar-refractivity contribution in [2.24, 2.45) is 11.3 Å². The highest BCUT2D eigenvalue weighted by atomic mass is 19.3. The number of halogens is 2. The zero-order valence-corrected chi connectivity index (χ0v) is 30.9. The number of carboxylic acid groups (broad SMARTS) is 1. The third-order valence-corrected chi connectivity index (χ3v) is 12.3. The molecule has 2 aliphatic carbocycles. The number of aryl methyl sites for hydroxylation is 2. The monoisotopic (exact) mass is 766 g/mol. The summed E-state index contributed by atoms with van der Waals surface area (Å²) in [5.74, 6) is -5.61. The fourth-order valence-electron chi connectivity index (χ4n) is 9.50. The number of nitrogens with zero attached hydrogens (tertiary/aromatic N) is 2. The summed E-state index contributed by atoms with van der Waals surface area (Å²) in [4.78, 5) is 55.3. The van der Waals surface area contributed by atoms with Gasteiger partial charge in [0.05, 0.1) is 37.0 Å². The highest BCUT2D eigenvalue weighted by Gasteiger charge is 2.64. The molecule has 7 N–H and O–H groups in total. The zero-order valence-electron chi connectivity index (χ0n) is 30.9. The number of rotatable bonds is 11. The molecule has 0 unspecified atom stereocenters. The van der Waals surface area contributed by atoms with E-state index in [2.05, 4.69) is 15.5 Å². The molecule has 54 heavy (non-hydrogen) atoms. The van der Waals surface area contributed by atoms with E-state index in [9.17, 15) is 53.5 Å². The van der Waals surface area contributed by atoms with Gasteiger partial charge in [-0.05, 0) is 61.8 Å². The van der Waals surface area contributed by atoms with Crippen LogP contribution >= 0.6 is 0 Å². The number of phenolic OH excluding ortho intramolecular Hbond substituents is 1. The molecule has 0 aromatic heterocycles. The SMILES string of the molecule is CC(=O)N[C@H]1[C@H]([C@H](O)[C@H](O)CNC(=O)c2cc(C)c(O)c(C)c2)O[C@@](CCN2CCOC[C@@]23CCN(C(=O)C2CC4(C2)CC(F)(F)C4)C3)(C(=O)O)C[C@@H]1O. The number of carboxylic acids is 1. The Bertz CT molecular complexity index is 1610. The highest BCUT2D eigenvalue weighted by molar-refractivity contribution is 5.95. The number of benzene rings is 1. The summed E-state index contributed by atoms with van der Waals surface area (Å²) in [6.07, 6.45) is -6.22. The predicted octanol–water partition coefficient (Wildman–Crippen LogP) is 0.457. The van der Waals surface area contributed by atoms with Gasteiger partial charge in [0.25, 0.3) is 5.91 Å². The number of hydrogen-bond acceptors (Lipinski definition) is 11. The second-order valence-electron chi connectivity index (χ2n) is 16.4. The minimum atomic E-state index is -2.65. The molecule has 2 saturated carbocycles. The maximum Gasteiger partial charge on any atom is 0.336 e. The van der Waals surface area contributed by atoms with Gasteiger partial charge in [0.15, 0.2) is 5.60 Å². The number of nitrogens with one attached hydrogen (secondary N) is 2. The summed E-state index contributed by atoms with van der Waals surface area (Å²) >= 11 is 0. The van der Waals surface area contributed by atoms with E-state index in [1.807, 2.05) is 0 Å². The van der Waals surface area contributed by atoms with Gasteiger partial charge in [0, 0.05) is 76.8 Å². The Labute approximate surface area is 312 Å². The summed E-state index contributed by atoms with van der Waals surface area (Å²) in [6, 6.07) is 1.61. The lowest BCUT2D eigenvalue weighted by atomic mass is 9.50. The largest absolute Gasteiger partial charge is 0.507 e. The van der Waals surface area contributed by atoms with Gasteiger partial charge in [0.2, 0.25) is 17.7 Å². The molecular formula is C37H52F2N4O11. The van der Waals surface area contributed by atoms with Crippen LogP contribution in [0.4, 0.5) is 8.78 Å². The third kappa shape index (κ3) is 7.80. The second-order valence-corrected chi connectivity index (χ2v) is 16.4. The number of hydrogen-bond donors (Lipinski definition) is 7. The maximum absolute atomic E-state index is 13.5. The van der Waals surface area contributed by atoms with Gasteiger partial charge in [-0.2, -0.15) is 0 Å². The summed E-state index contributed by atoms with van der Waals surface area (Å²) in [5.41, 5.74) is -2.01. The normalized spacial score (nSPS) is 31.7. The number of aliphatic hydroxyl groups is 3. The van der Waals surface area contributed by atoms with E-state index in [0.717, 1.165) is 0 Å².